The Balaban J connectivity index is 1.30. The minimum atomic E-state index is 0.133. The van der Waals surface area contributed by atoms with E-state index in [-0.39, 0.29) is 11.9 Å². The first-order chi connectivity index (χ1) is 12.3. The molecule has 4 rings (SSSR count). The van der Waals surface area contributed by atoms with Gasteiger partial charge < -0.3 is 10.1 Å². The smallest absolute Gasteiger partial charge is 0.220 e. The summed E-state index contributed by atoms with van der Waals surface area (Å²) in [5.41, 5.74) is 1.31. The molecule has 1 saturated carbocycles. The van der Waals surface area contributed by atoms with Crippen molar-refractivity contribution >= 4 is 5.91 Å². The van der Waals surface area contributed by atoms with E-state index in [2.05, 4.69) is 39.7 Å². The standard InChI is InChI=1S/C19H24N4O2/c24-17(7-4-9-23-13-20-12-21-23)22-18-15-8-10-25-19(15)16(18)11-14-5-2-1-3-6-14/h1-3,5-6,12-13,15-16,18-19H,4,7-11H2,(H,22,24)/t15-,16+,18-,19-/m0/s1. The van der Waals surface area contributed by atoms with Gasteiger partial charge in [0.15, 0.2) is 0 Å². The number of amides is 1. The van der Waals surface area contributed by atoms with Crippen LogP contribution in [0.1, 0.15) is 24.8 Å². The molecule has 1 aromatic heterocycles. The SMILES string of the molecule is O=C(CCCn1cncn1)N[C@@H]1[C@@H](Cc2ccccc2)[C@H]2OCC[C@@H]12. The monoisotopic (exact) mass is 340 g/mol. The van der Waals surface area contributed by atoms with Crippen LogP contribution in [0.25, 0.3) is 0 Å². The van der Waals surface area contributed by atoms with Crippen LogP contribution in [-0.4, -0.2) is 39.4 Å². The summed E-state index contributed by atoms with van der Waals surface area (Å²) in [6, 6.07) is 10.7. The maximum Gasteiger partial charge on any atom is 0.220 e. The van der Waals surface area contributed by atoms with E-state index < -0.39 is 0 Å². The predicted molar refractivity (Wildman–Crippen MR) is 92.7 cm³/mol. The van der Waals surface area contributed by atoms with Gasteiger partial charge in [-0.1, -0.05) is 30.3 Å². The summed E-state index contributed by atoms with van der Waals surface area (Å²) in [6.45, 7) is 1.54. The van der Waals surface area contributed by atoms with Crippen molar-refractivity contribution in [1.82, 2.24) is 20.1 Å². The maximum absolute atomic E-state index is 12.4. The molecule has 25 heavy (non-hydrogen) atoms. The van der Waals surface area contributed by atoms with Crippen molar-refractivity contribution in [1.29, 1.82) is 0 Å². The van der Waals surface area contributed by atoms with E-state index >= 15 is 0 Å². The molecule has 0 unspecified atom stereocenters. The van der Waals surface area contributed by atoms with Crippen molar-refractivity contribution < 1.29 is 9.53 Å². The molecule has 2 aromatic rings. The van der Waals surface area contributed by atoms with Gasteiger partial charge >= 0.3 is 0 Å². The average Bonchev–Trinajstić information content (AvgIpc) is 3.29. The van der Waals surface area contributed by atoms with Crippen molar-refractivity contribution in [3.05, 3.63) is 48.5 Å². The number of benzene rings is 1. The Morgan fingerprint density at radius 1 is 1.32 bits per heavy atom. The minimum Gasteiger partial charge on any atom is -0.377 e. The molecule has 1 aromatic carbocycles. The Labute approximate surface area is 147 Å². The van der Waals surface area contributed by atoms with Gasteiger partial charge in [0.2, 0.25) is 5.91 Å². The molecule has 1 aliphatic heterocycles. The zero-order valence-corrected chi connectivity index (χ0v) is 14.3. The summed E-state index contributed by atoms with van der Waals surface area (Å²) in [7, 11) is 0. The van der Waals surface area contributed by atoms with Gasteiger partial charge in [0.05, 0.1) is 6.10 Å². The minimum absolute atomic E-state index is 0.133. The number of carbonyl (C=O) groups excluding carboxylic acids is 1. The molecule has 0 bridgehead atoms. The zero-order chi connectivity index (χ0) is 17.1. The Morgan fingerprint density at radius 2 is 2.20 bits per heavy atom. The van der Waals surface area contributed by atoms with Crippen LogP contribution in [0.2, 0.25) is 0 Å². The Kier molecular flexibility index (Phi) is 4.78. The first kappa shape index (κ1) is 16.3. The second kappa shape index (κ2) is 7.35. The number of aryl methyl sites for hydroxylation is 1. The number of hydrogen-bond acceptors (Lipinski definition) is 4. The van der Waals surface area contributed by atoms with E-state index in [0.717, 1.165) is 32.4 Å². The zero-order valence-electron chi connectivity index (χ0n) is 14.3. The molecule has 1 saturated heterocycles. The lowest BCUT2D eigenvalue weighted by molar-refractivity contribution is -0.127. The van der Waals surface area contributed by atoms with Gasteiger partial charge in [0, 0.05) is 37.5 Å². The number of aromatic nitrogens is 3. The van der Waals surface area contributed by atoms with Crippen LogP contribution in [0.3, 0.4) is 0 Å². The molecule has 1 N–H and O–H groups in total. The lowest BCUT2D eigenvalue weighted by Gasteiger charge is -2.48. The third-order valence-electron chi connectivity index (χ3n) is 5.43. The van der Waals surface area contributed by atoms with E-state index in [9.17, 15) is 4.79 Å². The predicted octanol–water partition coefficient (Wildman–Crippen LogP) is 1.82. The number of rotatable bonds is 7. The van der Waals surface area contributed by atoms with E-state index in [1.807, 2.05) is 6.07 Å². The number of nitrogens with one attached hydrogen (secondary N) is 1. The molecule has 6 nitrogen and oxygen atoms in total. The van der Waals surface area contributed by atoms with E-state index in [1.54, 1.807) is 11.0 Å². The third kappa shape index (κ3) is 3.58. The fourth-order valence-electron chi connectivity index (χ4n) is 4.18. The molecule has 132 valence electrons. The highest BCUT2D eigenvalue weighted by Gasteiger charge is 2.53. The fourth-order valence-corrected chi connectivity index (χ4v) is 4.18. The second-order valence-corrected chi connectivity index (χ2v) is 7.00. The maximum atomic E-state index is 12.4. The number of fused-ring (bicyclic) bond motifs is 1. The number of nitrogens with zero attached hydrogens (tertiary/aromatic N) is 3. The molecule has 2 aliphatic rings. The summed E-state index contributed by atoms with van der Waals surface area (Å²) in [5, 5.41) is 7.34. The molecule has 0 radical (unpaired) electrons. The highest BCUT2D eigenvalue weighted by Crippen LogP contribution is 2.45. The van der Waals surface area contributed by atoms with Crippen LogP contribution in [-0.2, 0) is 22.5 Å². The number of ether oxygens (including phenoxy) is 1. The summed E-state index contributed by atoms with van der Waals surface area (Å²) in [5.74, 6) is 0.996. The highest BCUT2D eigenvalue weighted by molar-refractivity contribution is 5.76. The first-order valence-electron chi connectivity index (χ1n) is 9.08. The highest BCUT2D eigenvalue weighted by atomic mass is 16.5. The van der Waals surface area contributed by atoms with Crippen molar-refractivity contribution in [3.8, 4) is 0 Å². The molecule has 2 fully saturated rings. The van der Waals surface area contributed by atoms with Gasteiger partial charge in [-0.3, -0.25) is 9.48 Å². The van der Waals surface area contributed by atoms with Gasteiger partial charge in [-0.2, -0.15) is 5.10 Å². The summed E-state index contributed by atoms with van der Waals surface area (Å²) in [4.78, 5) is 16.3. The third-order valence-corrected chi connectivity index (χ3v) is 5.43. The molecular weight excluding hydrogens is 316 g/mol. The van der Waals surface area contributed by atoms with Crippen molar-refractivity contribution in [2.24, 2.45) is 11.8 Å². The van der Waals surface area contributed by atoms with E-state index in [4.69, 9.17) is 4.74 Å². The van der Waals surface area contributed by atoms with Crippen LogP contribution in [0, 0.1) is 11.8 Å². The average molecular weight is 340 g/mol. The normalized spacial score (nSPS) is 27.5. The molecule has 2 heterocycles. The summed E-state index contributed by atoms with van der Waals surface area (Å²) in [6.07, 6.45) is 6.82. The lowest BCUT2D eigenvalue weighted by atomic mass is 9.64. The summed E-state index contributed by atoms with van der Waals surface area (Å²) < 4.78 is 7.67. The van der Waals surface area contributed by atoms with Gasteiger partial charge in [0.25, 0.3) is 0 Å². The van der Waals surface area contributed by atoms with Crippen molar-refractivity contribution in [3.63, 3.8) is 0 Å². The van der Waals surface area contributed by atoms with Gasteiger partial charge in [-0.15, -0.1) is 0 Å². The van der Waals surface area contributed by atoms with Gasteiger partial charge in [-0.25, -0.2) is 4.98 Å². The molecular formula is C19H24N4O2. The largest absolute Gasteiger partial charge is 0.377 e. The Bertz CT molecular complexity index is 689. The van der Waals surface area contributed by atoms with Crippen molar-refractivity contribution in [2.45, 2.75) is 44.4 Å². The number of carbonyl (C=O) groups is 1. The van der Waals surface area contributed by atoms with Crippen LogP contribution in [0.4, 0.5) is 0 Å². The molecule has 4 atom stereocenters. The van der Waals surface area contributed by atoms with E-state index in [0.29, 0.717) is 24.4 Å². The molecule has 1 aliphatic carbocycles. The van der Waals surface area contributed by atoms with Crippen LogP contribution in [0.15, 0.2) is 43.0 Å². The van der Waals surface area contributed by atoms with Crippen LogP contribution in [0.5, 0.6) is 0 Å². The Hall–Kier alpha value is -2.21. The van der Waals surface area contributed by atoms with Crippen molar-refractivity contribution in [2.75, 3.05) is 6.61 Å². The van der Waals surface area contributed by atoms with Crippen LogP contribution < -0.4 is 5.32 Å². The topological polar surface area (TPSA) is 69.0 Å². The fraction of sp³-hybridized carbons (Fsp3) is 0.526. The van der Waals surface area contributed by atoms with Gasteiger partial charge in [-0.05, 0) is 24.8 Å². The number of hydrogen-bond donors (Lipinski definition) is 1. The molecule has 6 heteroatoms. The second-order valence-electron chi connectivity index (χ2n) is 7.00. The quantitative estimate of drug-likeness (QED) is 0.835. The summed E-state index contributed by atoms with van der Waals surface area (Å²) >= 11 is 0. The Morgan fingerprint density at radius 3 is 3.00 bits per heavy atom. The van der Waals surface area contributed by atoms with Gasteiger partial charge in [0.1, 0.15) is 12.7 Å². The first-order valence-corrected chi connectivity index (χ1v) is 9.08. The molecule has 1 amide bonds. The molecule has 0 spiro atoms. The van der Waals surface area contributed by atoms with E-state index in [1.165, 1.54) is 11.9 Å². The van der Waals surface area contributed by atoms with Crippen LogP contribution >= 0.6 is 0 Å². The lowest BCUT2D eigenvalue weighted by Crippen LogP contribution is -2.62.